The standard InChI is InChI=1S/C13H16N2O4.C6H16Si/c1-2-19-12(16)7-6-9-8-14-10-4-3-5-11(13(9)10)15(17)18;1-4-7(5-2)6-3/h3-5,9,14H,2,6-8H2,1H3;7H,4-6H2,1-3H3. The molecule has 0 fully saturated rings. The number of carbonyl (C=O) groups is 1. The van der Waals surface area contributed by atoms with Gasteiger partial charge in [-0.3, -0.25) is 14.9 Å². The number of nitro benzene ring substituents is 1. The molecule has 0 spiro atoms. The van der Waals surface area contributed by atoms with E-state index in [-0.39, 0.29) is 37.7 Å². The van der Waals surface area contributed by atoms with Crippen LogP contribution in [0.1, 0.15) is 52.0 Å². The Balaban J connectivity index is 0.000000412. The minimum atomic E-state index is -0.372. The number of anilines is 1. The van der Waals surface area contributed by atoms with Crippen molar-refractivity contribution in [3.8, 4) is 0 Å². The third kappa shape index (κ3) is 6.44. The summed E-state index contributed by atoms with van der Waals surface area (Å²) < 4.78 is 4.87. The smallest absolute Gasteiger partial charge is 0.305 e. The van der Waals surface area contributed by atoms with Crippen LogP contribution in [-0.2, 0) is 9.53 Å². The van der Waals surface area contributed by atoms with Crippen molar-refractivity contribution in [3.05, 3.63) is 33.9 Å². The first-order valence-corrected chi connectivity index (χ1v) is 12.1. The van der Waals surface area contributed by atoms with E-state index in [0.29, 0.717) is 25.1 Å². The van der Waals surface area contributed by atoms with Gasteiger partial charge in [0.05, 0.1) is 17.1 Å². The molecule has 1 N–H and O–H groups in total. The lowest BCUT2D eigenvalue weighted by Crippen LogP contribution is -2.09. The minimum Gasteiger partial charge on any atom is -0.466 e. The van der Waals surface area contributed by atoms with Gasteiger partial charge in [-0.05, 0) is 19.4 Å². The Morgan fingerprint density at radius 2 is 1.92 bits per heavy atom. The van der Waals surface area contributed by atoms with E-state index in [9.17, 15) is 14.9 Å². The van der Waals surface area contributed by atoms with Crippen molar-refractivity contribution in [3.63, 3.8) is 0 Å². The molecule has 146 valence electrons. The van der Waals surface area contributed by atoms with Gasteiger partial charge < -0.3 is 10.1 Å². The highest BCUT2D eigenvalue weighted by Crippen LogP contribution is 2.40. The predicted octanol–water partition coefficient (Wildman–Crippen LogP) is 4.72. The molecule has 1 aromatic carbocycles. The summed E-state index contributed by atoms with van der Waals surface area (Å²) in [5.41, 5.74) is 1.62. The number of hydrogen-bond acceptors (Lipinski definition) is 5. The Morgan fingerprint density at radius 1 is 1.27 bits per heavy atom. The van der Waals surface area contributed by atoms with Gasteiger partial charge in [0.15, 0.2) is 0 Å². The molecular formula is C19H32N2O4Si. The van der Waals surface area contributed by atoms with Gasteiger partial charge in [-0.15, -0.1) is 0 Å². The average Bonchev–Trinajstić information content (AvgIpc) is 3.05. The maximum atomic E-state index is 11.4. The Bertz CT molecular complexity index is 585. The van der Waals surface area contributed by atoms with Crippen molar-refractivity contribution in [1.29, 1.82) is 0 Å². The van der Waals surface area contributed by atoms with E-state index in [1.165, 1.54) is 24.2 Å². The molecule has 6 nitrogen and oxygen atoms in total. The second kappa shape index (κ2) is 11.7. The van der Waals surface area contributed by atoms with Gasteiger partial charge in [0.1, 0.15) is 0 Å². The fourth-order valence-electron chi connectivity index (χ4n) is 3.27. The van der Waals surface area contributed by atoms with Crippen LogP contribution in [0.15, 0.2) is 18.2 Å². The molecule has 0 bridgehead atoms. The molecule has 0 amide bonds. The van der Waals surface area contributed by atoms with Crippen LogP contribution in [-0.4, -0.2) is 32.8 Å². The van der Waals surface area contributed by atoms with Gasteiger partial charge in [-0.25, -0.2) is 0 Å². The number of benzene rings is 1. The molecule has 1 unspecified atom stereocenters. The lowest BCUT2D eigenvalue weighted by molar-refractivity contribution is -0.385. The Hall–Kier alpha value is -1.89. The number of hydrogen-bond donors (Lipinski definition) is 1. The third-order valence-corrected chi connectivity index (χ3v) is 8.43. The molecule has 1 heterocycles. The molecular weight excluding hydrogens is 348 g/mol. The Kier molecular flexibility index (Phi) is 9.94. The van der Waals surface area contributed by atoms with Crippen LogP contribution in [0.4, 0.5) is 11.4 Å². The van der Waals surface area contributed by atoms with Crippen LogP contribution < -0.4 is 5.32 Å². The maximum Gasteiger partial charge on any atom is 0.305 e. The van der Waals surface area contributed by atoms with E-state index in [1.54, 1.807) is 13.0 Å². The molecule has 0 aromatic heterocycles. The summed E-state index contributed by atoms with van der Waals surface area (Å²) in [6.07, 6.45) is 0.843. The number of esters is 1. The molecule has 1 aromatic rings. The predicted molar refractivity (Wildman–Crippen MR) is 109 cm³/mol. The molecule has 0 aliphatic carbocycles. The highest BCUT2D eigenvalue weighted by Gasteiger charge is 2.30. The highest BCUT2D eigenvalue weighted by atomic mass is 28.3. The minimum absolute atomic E-state index is 0.0130. The summed E-state index contributed by atoms with van der Waals surface area (Å²) in [5.74, 6) is -0.268. The number of fused-ring (bicyclic) bond motifs is 1. The molecule has 1 aliphatic heterocycles. The maximum absolute atomic E-state index is 11.4. The van der Waals surface area contributed by atoms with E-state index < -0.39 is 0 Å². The fourth-order valence-corrected chi connectivity index (χ4v) is 5.00. The number of rotatable bonds is 8. The van der Waals surface area contributed by atoms with Gasteiger partial charge in [-0.2, -0.15) is 0 Å². The van der Waals surface area contributed by atoms with Gasteiger partial charge >= 0.3 is 5.97 Å². The van der Waals surface area contributed by atoms with Crippen LogP contribution >= 0.6 is 0 Å². The molecule has 0 saturated heterocycles. The molecule has 0 saturated carbocycles. The SMILES string of the molecule is CCOC(=O)CCC1CNc2cccc([N+](=O)[O-])c21.CC[SiH](CC)CC. The van der Waals surface area contributed by atoms with Crippen molar-refractivity contribution in [2.24, 2.45) is 0 Å². The number of nitro groups is 1. The van der Waals surface area contributed by atoms with Crippen LogP contribution in [0.25, 0.3) is 0 Å². The van der Waals surface area contributed by atoms with Crippen LogP contribution in [0.2, 0.25) is 18.1 Å². The molecule has 26 heavy (non-hydrogen) atoms. The van der Waals surface area contributed by atoms with E-state index in [4.69, 9.17) is 4.74 Å². The molecule has 1 atom stereocenters. The van der Waals surface area contributed by atoms with Crippen molar-refractivity contribution in [1.82, 2.24) is 0 Å². The zero-order chi connectivity index (χ0) is 19.5. The highest BCUT2D eigenvalue weighted by molar-refractivity contribution is 6.58. The first kappa shape index (κ1) is 22.1. The van der Waals surface area contributed by atoms with E-state index in [0.717, 1.165) is 5.69 Å². The monoisotopic (exact) mass is 380 g/mol. The zero-order valence-electron chi connectivity index (χ0n) is 16.4. The van der Waals surface area contributed by atoms with Crippen LogP contribution in [0.5, 0.6) is 0 Å². The van der Waals surface area contributed by atoms with Crippen LogP contribution in [0.3, 0.4) is 0 Å². The summed E-state index contributed by atoms with van der Waals surface area (Å²) >= 11 is 0. The lowest BCUT2D eigenvalue weighted by Gasteiger charge is -2.09. The third-order valence-electron chi connectivity index (χ3n) is 4.96. The quantitative estimate of drug-likeness (QED) is 0.305. The summed E-state index contributed by atoms with van der Waals surface area (Å²) in [4.78, 5) is 22.0. The second-order valence-electron chi connectivity index (χ2n) is 6.51. The average molecular weight is 381 g/mol. The van der Waals surface area contributed by atoms with Crippen LogP contribution in [0, 0.1) is 10.1 Å². The normalized spacial score (nSPS) is 14.9. The van der Waals surface area contributed by atoms with Crippen molar-refractivity contribution < 1.29 is 14.5 Å². The first-order valence-electron chi connectivity index (χ1n) is 9.65. The number of ether oxygens (including phenoxy) is 1. The molecule has 2 rings (SSSR count). The van der Waals surface area contributed by atoms with Gasteiger partial charge in [0.25, 0.3) is 5.69 Å². The Morgan fingerprint density at radius 3 is 2.42 bits per heavy atom. The fraction of sp³-hybridized carbons (Fsp3) is 0.632. The van der Waals surface area contributed by atoms with Crippen molar-refractivity contribution in [2.45, 2.75) is 64.6 Å². The molecule has 1 aliphatic rings. The van der Waals surface area contributed by atoms with Gasteiger partial charge in [0.2, 0.25) is 0 Å². The zero-order valence-corrected chi connectivity index (χ0v) is 17.6. The largest absolute Gasteiger partial charge is 0.466 e. The number of nitrogens with one attached hydrogen (secondary N) is 1. The van der Waals surface area contributed by atoms with Gasteiger partial charge in [-0.1, -0.05) is 45.0 Å². The number of nitrogens with zero attached hydrogens (tertiary/aromatic N) is 1. The lowest BCUT2D eigenvalue weighted by atomic mass is 9.95. The summed E-state index contributed by atoms with van der Waals surface area (Å²) in [7, 11) is -0.171. The van der Waals surface area contributed by atoms with Crippen molar-refractivity contribution in [2.75, 3.05) is 18.5 Å². The Labute approximate surface area is 158 Å². The summed E-state index contributed by atoms with van der Waals surface area (Å²) in [6, 6.07) is 9.47. The topological polar surface area (TPSA) is 81.5 Å². The molecule has 0 radical (unpaired) electrons. The molecule has 7 heteroatoms. The van der Waals surface area contributed by atoms with E-state index in [1.807, 2.05) is 6.07 Å². The van der Waals surface area contributed by atoms with E-state index >= 15 is 0 Å². The number of carbonyl (C=O) groups excluding carboxylic acids is 1. The first-order chi connectivity index (χ1) is 12.5. The van der Waals surface area contributed by atoms with Crippen molar-refractivity contribution >= 4 is 26.1 Å². The summed E-state index contributed by atoms with van der Waals surface area (Å²) in [5, 5.41) is 14.2. The van der Waals surface area contributed by atoms with Gasteiger partial charge in [0, 0.05) is 39.4 Å². The van der Waals surface area contributed by atoms with E-state index in [2.05, 4.69) is 26.1 Å². The second-order valence-corrected chi connectivity index (χ2v) is 10.7. The summed E-state index contributed by atoms with van der Waals surface area (Å²) in [6.45, 7) is 9.71.